The van der Waals surface area contributed by atoms with Crippen molar-refractivity contribution in [3.63, 3.8) is 0 Å². The second-order valence-corrected chi connectivity index (χ2v) is 6.85. The summed E-state index contributed by atoms with van der Waals surface area (Å²) in [5, 5.41) is 0. The van der Waals surface area contributed by atoms with Crippen molar-refractivity contribution in [2.45, 2.75) is 97.8 Å². The summed E-state index contributed by atoms with van der Waals surface area (Å²) < 4.78 is 4.75. The van der Waals surface area contributed by atoms with E-state index < -0.39 is 0 Å². The molecule has 0 radical (unpaired) electrons. The normalized spacial score (nSPS) is 11.6. The number of rotatable bonds is 13. The van der Waals surface area contributed by atoms with E-state index in [-0.39, 0.29) is 11.4 Å². The molecule has 0 atom stereocenters. The molecule has 0 rings (SSSR count). The number of hydrogen-bond acceptors (Lipinski definition) is 2. The third-order valence-electron chi connectivity index (χ3n) is 4.06. The zero-order chi connectivity index (χ0) is 15.3. The zero-order valence-electron chi connectivity index (χ0n) is 14.3. The van der Waals surface area contributed by atoms with Crippen LogP contribution in [0.2, 0.25) is 0 Å². The lowest BCUT2D eigenvalue weighted by molar-refractivity contribution is -0.143. The molecule has 0 bridgehead atoms. The minimum absolute atomic E-state index is 0.0814. The van der Waals surface area contributed by atoms with Crippen molar-refractivity contribution in [3.8, 4) is 0 Å². The summed E-state index contributed by atoms with van der Waals surface area (Å²) in [5.74, 6) is -0.0814. The molecule has 0 aliphatic rings. The van der Waals surface area contributed by atoms with Gasteiger partial charge in [-0.15, -0.1) is 0 Å². The van der Waals surface area contributed by atoms with Gasteiger partial charge < -0.3 is 4.74 Å². The molecule has 0 saturated heterocycles. The maximum atomic E-state index is 11.3. The van der Waals surface area contributed by atoms with Gasteiger partial charge in [0.2, 0.25) is 0 Å². The van der Waals surface area contributed by atoms with E-state index in [1.165, 1.54) is 71.3 Å². The van der Waals surface area contributed by atoms with E-state index in [9.17, 15) is 4.79 Å². The molecule has 0 N–H and O–H groups in total. The number of carbonyl (C=O) groups excluding carboxylic acids is 1. The van der Waals surface area contributed by atoms with Crippen LogP contribution in [0.5, 0.6) is 0 Å². The molecule has 0 heterocycles. The first-order chi connectivity index (χ1) is 9.52. The van der Waals surface area contributed by atoms with Crippen LogP contribution in [0.3, 0.4) is 0 Å². The fourth-order valence-electron chi connectivity index (χ4n) is 2.64. The van der Waals surface area contributed by atoms with Gasteiger partial charge in [-0.3, -0.25) is 4.79 Å². The predicted molar refractivity (Wildman–Crippen MR) is 86.9 cm³/mol. The molecule has 0 fully saturated rings. The van der Waals surface area contributed by atoms with Gasteiger partial charge in [0.25, 0.3) is 0 Å². The Labute approximate surface area is 126 Å². The third kappa shape index (κ3) is 12.5. The van der Waals surface area contributed by atoms with Crippen LogP contribution in [0.25, 0.3) is 0 Å². The van der Waals surface area contributed by atoms with Gasteiger partial charge >= 0.3 is 5.97 Å². The third-order valence-corrected chi connectivity index (χ3v) is 4.06. The maximum absolute atomic E-state index is 11.3. The first kappa shape index (κ1) is 19.5. The monoisotopic (exact) mass is 284 g/mol. The standard InChI is InChI=1S/C18H36O2/c1-5-6-7-8-9-10-11-12-13-14-15-18(2,3)16-17(19)20-4/h5-16H2,1-4H3. The quantitative estimate of drug-likeness (QED) is 0.311. The van der Waals surface area contributed by atoms with Crippen molar-refractivity contribution < 1.29 is 9.53 Å². The van der Waals surface area contributed by atoms with Gasteiger partial charge in [-0.05, 0) is 11.8 Å². The first-order valence-electron chi connectivity index (χ1n) is 8.58. The first-order valence-corrected chi connectivity index (χ1v) is 8.58. The van der Waals surface area contributed by atoms with E-state index in [4.69, 9.17) is 4.74 Å². The van der Waals surface area contributed by atoms with Gasteiger partial charge in [0.15, 0.2) is 0 Å². The zero-order valence-corrected chi connectivity index (χ0v) is 14.3. The minimum Gasteiger partial charge on any atom is -0.469 e. The van der Waals surface area contributed by atoms with Crippen LogP contribution in [-0.4, -0.2) is 13.1 Å². The lowest BCUT2D eigenvalue weighted by atomic mass is 9.83. The van der Waals surface area contributed by atoms with Gasteiger partial charge in [-0.25, -0.2) is 0 Å². The van der Waals surface area contributed by atoms with Crippen LogP contribution in [0, 0.1) is 5.41 Å². The van der Waals surface area contributed by atoms with Crippen molar-refractivity contribution in [3.05, 3.63) is 0 Å². The molecule has 0 saturated carbocycles. The maximum Gasteiger partial charge on any atom is 0.306 e. The summed E-state index contributed by atoms with van der Waals surface area (Å²) in [5.41, 5.74) is 0.0905. The molecule has 0 spiro atoms. The predicted octanol–water partition coefficient (Wildman–Crippen LogP) is 5.89. The molecular weight excluding hydrogens is 248 g/mol. The van der Waals surface area contributed by atoms with Crippen molar-refractivity contribution in [1.29, 1.82) is 0 Å². The lowest BCUT2D eigenvalue weighted by Crippen LogP contribution is -2.18. The molecule has 0 aliphatic carbocycles. The highest BCUT2D eigenvalue weighted by Crippen LogP contribution is 2.28. The highest BCUT2D eigenvalue weighted by atomic mass is 16.5. The smallest absolute Gasteiger partial charge is 0.306 e. The summed E-state index contributed by atoms with van der Waals surface area (Å²) in [6, 6.07) is 0. The average molecular weight is 284 g/mol. The minimum atomic E-state index is -0.0814. The lowest BCUT2D eigenvalue weighted by Gasteiger charge is -2.22. The fourth-order valence-corrected chi connectivity index (χ4v) is 2.64. The summed E-state index contributed by atoms with van der Waals surface area (Å²) in [4.78, 5) is 11.3. The Morgan fingerprint density at radius 2 is 1.30 bits per heavy atom. The Kier molecular flexibility index (Phi) is 11.9. The van der Waals surface area contributed by atoms with Crippen LogP contribution < -0.4 is 0 Å². The molecule has 2 heteroatoms. The summed E-state index contributed by atoms with van der Waals surface area (Å²) in [6.07, 6.45) is 15.3. The van der Waals surface area contributed by atoms with E-state index in [0.29, 0.717) is 6.42 Å². The number of carbonyl (C=O) groups is 1. The number of hydrogen-bond donors (Lipinski definition) is 0. The number of unbranched alkanes of at least 4 members (excludes halogenated alkanes) is 9. The molecule has 0 amide bonds. The molecule has 120 valence electrons. The average Bonchev–Trinajstić information content (AvgIpc) is 2.40. The van der Waals surface area contributed by atoms with Gasteiger partial charge in [-0.1, -0.05) is 85.0 Å². The van der Waals surface area contributed by atoms with E-state index in [2.05, 4.69) is 20.8 Å². The topological polar surface area (TPSA) is 26.3 Å². The summed E-state index contributed by atoms with van der Waals surface area (Å²) >= 11 is 0. The number of ether oxygens (including phenoxy) is 1. The molecule has 2 nitrogen and oxygen atoms in total. The Bertz CT molecular complexity index is 234. The van der Waals surface area contributed by atoms with Crippen molar-refractivity contribution in [2.75, 3.05) is 7.11 Å². The Balaban J connectivity index is 3.36. The van der Waals surface area contributed by atoms with E-state index in [0.717, 1.165) is 6.42 Å². The highest BCUT2D eigenvalue weighted by molar-refractivity contribution is 5.69. The van der Waals surface area contributed by atoms with Gasteiger partial charge in [0, 0.05) is 0 Å². The Hall–Kier alpha value is -0.530. The largest absolute Gasteiger partial charge is 0.469 e. The Morgan fingerprint density at radius 3 is 1.75 bits per heavy atom. The second kappa shape index (κ2) is 12.2. The van der Waals surface area contributed by atoms with Gasteiger partial charge in [0.05, 0.1) is 13.5 Å². The van der Waals surface area contributed by atoms with Crippen LogP contribution >= 0.6 is 0 Å². The molecular formula is C18H36O2. The van der Waals surface area contributed by atoms with Crippen molar-refractivity contribution in [2.24, 2.45) is 5.41 Å². The molecule has 0 aromatic carbocycles. The van der Waals surface area contributed by atoms with Crippen LogP contribution in [-0.2, 0) is 9.53 Å². The SMILES string of the molecule is CCCCCCCCCCCCC(C)(C)CC(=O)OC. The second-order valence-electron chi connectivity index (χ2n) is 6.85. The van der Waals surface area contributed by atoms with Crippen LogP contribution in [0.4, 0.5) is 0 Å². The van der Waals surface area contributed by atoms with Crippen molar-refractivity contribution >= 4 is 5.97 Å². The Morgan fingerprint density at radius 1 is 0.850 bits per heavy atom. The summed E-state index contributed by atoms with van der Waals surface area (Å²) in [7, 11) is 1.47. The van der Waals surface area contributed by atoms with Gasteiger partial charge in [0.1, 0.15) is 0 Å². The summed E-state index contributed by atoms with van der Waals surface area (Å²) in [6.45, 7) is 6.59. The molecule has 0 aromatic heterocycles. The van der Waals surface area contributed by atoms with Crippen LogP contribution in [0.15, 0.2) is 0 Å². The molecule has 0 unspecified atom stereocenters. The van der Waals surface area contributed by atoms with Gasteiger partial charge in [-0.2, -0.15) is 0 Å². The number of esters is 1. The fraction of sp³-hybridized carbons (Fsp3) is 0.944. The van der Waals surface area contributed by atoms with E-state index >= 15 is 0 Å². The molecule has 0 aromatic rings. The van der Waals surface area contributed by atoms with Crippen LogP contribution in [0.1, 0.15) is 97.8 Å². The highest BCUT2D eigenvalue weighted by Gasteiger charge is 2.21. The van der Waals surface area contributed by atoms with Crippen molar-refractivity contribution in [1.82, 2.24) is 0 Å². The molecule has 0 aliphatic heterocycles. The van der Waals surface area contributed by atoms with E-state index in [1.807, 2.05) is 0 Å². The van der Waals surface area contributed by atoms with E-state index in [1.54, 1.807) is 0 Å². The molecule has 20 heavy (non-hydrogen) atoms. The number of methoxy groups -OCH3 is 1.